The Bertz CT molecular complexity index is 1080. The van der Waals surface area contributed by atoms with Crippen LogP contribution >= 0.6 is 0 Å². The third-order valence-electron chi connectivity index (χ3n) is 5.87. The van der Waals surface area contributed by atoms with Crippen LogP contribution in [0.3, 0.4) is 0 Å². The van der Waals surface area contributed by atoms with Gasteiger partial charge >= 0.3 is 0 Å². The molecule has 0 aliphatic heterocycles. The van der Waals surface area contributed by atoms with Gasteiger partial charge in [0.15, 0.2) is 0 Å². The van der Waals surface area contributed by atoms with Crippen LogP contribution in [-0.4, -0.2) is 56.9 Å². The summed E-state index contributed by atoms with van der Waals surface area (Å²) in [4.78, 5) is 15.6. The van der Waals surface area contributed by atoms with Gasteiger partial charge < -0.3 is 14.4 Å². The summed E-state index contributed by atoms with van der Waals surface area (Å²) in [5.74, 6) is 1.16. The lowest BCUT2D eigenvalue weighted by molar-refractivity contribution is 0.0727. The van der Waals surface area contributed by atoms with E-state index in [0.29, 0.717) is 36.7 Å². The monoisotopic (exact) mass is 460 g/mol. The van der Waals surface area contributed by atoms with Crippen molar-refractivity contribution in [3.05, 3.63) is 53.1 Å². The highest BCUT2D eigenvalue weighted by Crippen LogP contribution is 2.34. The molecular formula is C24H32N2O5S. The molecule has 1 saturated carbocycles. The number of aryl methyl sites for hydroxylation is 1. The van der Waals surface area contributed by atoms with Crippen LogP contribution in [0.2, 0.25) is 0 Å². The van der Waals surface area contributed by atoms with Crippen LogP contribution in [0.25, 0.3) is 0 Å². The van der Waals surface area contributed by atoms with Gasteiger partial charge in [0, 0.05) is 42.9 Å². The molecule has 1 amide bonds. The number of sulfonamides is 1. The summed E-state index contributed by atoms with van der Waals surface area (Å²) in [5.41, 5.74) is 2.04. The van der Waals surface area contributed by atoms with Crippen molar-refractivity contribution in [3.8, 4) is 11.5 Å². The average molecular weight is 461 g/mol. The first-order chi connectivity index (χ1) is 15.3. The SMILES string of the molecule is CCN(CC)S(=O)(=O)c1ccc(C)c(C(=O)N(Cc2ccc(OC)cc2OC)C2CC2)c1. The minimum absolute atomic E-state index is 0.136. The van der Waals surface area contributed by atoms with Gasteiger partial charge in [0.25, 0.3) is 5.91 Å². The lowest BCUT2D eigenvalue weighted by atomic mass is 10.1. The van der Waals surface area contributed by atoms with Crippen molar-refractivity contribution in [2.75, 3.05) is 27.3 Å². The highest BCUT2D eigenvalue weighted by molar-refractivity contribution is 7.89. The van der Waals surface area contributed by atoms with Crippen molar-refractivity contribution in [3.63, 3.8) is 0 Å². The van der Waals surface area contributed by atoms with Crippen LogP contribution in [-0.2, 0) is 16.6 Å². The Balaban J connectivity index is 1.96. The average Bonchev–Trinajstić information content (AvgIpc) is 3.63. The molecule has 2 aromatic carbocycles. The number of methoxy groups -OCH3 is 2. The predicted octanol–water partition coefficient (Wildman–Crippen LogP) is 3.85. The molecule has 1 aliphatic rings. The molecule has 3 rings (SSSR count). The van der Waals surface area contributed by atoms with Gasteiger partial charge in [0.1, 0.15) is 11.5 Å². The summed E-state index contributed by atoms with van der Waals surface area (Å²) in [5, 5.41) is 0. The van der Waals surface area contributed by atoms with E-state index in [1.807, 2.05) is 24.0 Å². The second kappa shape index (κ2) is 9.92. The van der Waals surface area contributed by atoms with Crippen LogP contribution in [0.1, 0.15) is 48.2 Å². The topological polar surface area (TPSA) is 76.2 Å². The maximum Gasteiger partial charge on any atom is 0.254 e. The van der Waals surface area contributed by atoms with Crippen molar-refractivity contribution >= 4 is 15.9 Å². The molecule has 32 heavy (non-hydrogen) atoms. The highest BCUT2D eigenvalue weighted by Gasteiger charge is 2.35. The van der Waals surface area contributed by atoms with E-state index in [1.54, 1.807) is 46.3 Å². The van der Waals surface area contributed by atoms with Gasteiger partial charge in [-0.25, -0.2) is 8.42 Å². The number of rotatable bonds is 10. The molecule has 0 saturated heterocycles. The van der Waals surface area contributed by atoms with Crippen LogP contribution in [0.15, 0.2) is 41.3 Å². The summed E-state index contributed by atoms with van der Waals surface area (Å²) in [6.45, 7) is 6.57. The Kier molecular flexibility index (Phi) is 7.46. The van der Waals surface area contributed by atoms with Gasteiger partial charge in [-0.2, -0.15) is 4.31 Å². The molecule has 0 bridgehead atoms. The molecule has 0 unspecified atom stereocenters. The van der Waals surface area contributed by atoms with Gasteiger partial charge in [-0.1, -0.05) is 19.9 Å². The van der Waals surface area contributed by atoms with Crippen LogP contribution in [0, 0.1) is 6.92 Å². The highest BCUT2D eigenvalue weighted by atomic mass is 32.2. The number of ether oxygens (including phenoxy) is 2. The number of benzene rings is 2. The Morgan fingerprint density at radius 3 is 2.28 bits per heavy atom. The standard InChI is InChI=1S/C24H32N2O5S/c1-6-25(7-2)32(28,29)21-13-8-17(3)22(15-21)24(27)26(19-10-11-19)16-18-9-12-20(30-4)14-23(18)31-5/h8-9,12-15,19H,6-7,10-11,16H2,1-5H3. The van der Waals surface area contributed by atoms with E-state index >= 15 is 0 Å². The van der Waals surface area contributed by atoms with Crippen LogP contribution in [0.4, 0.5) is 0 Å². The smallest absolute Gasteiger partial charge is 0.254 e. The maximum absolute atomic E-state index is 13.6. The second-order valence-corrected chi connectivity index (χ2v) is 9.85. The number of hydrogen-bond donors (Lipinski definition) is 0. The van der Waals surface area contributed by atoms with Crippen molar-refractivity contribution in [1.29, 1.82) is 0 Å². The van der Waals surface area contributed by atoms with Gasteiger partial charge in [-0.3, -0.25) is 4.79 Å². The fourth-order valence-electron chi connectivity index (χ4n) is 3.78. The fourth-order valence-corrected chi connectivity index (χ4v) is 5.26. The van der Waals surface area contributed by atoms with Gasteiger partial charge in [-0.05, 0) is 49.6 Å². The molecular weight excluding hydrogens is 428 g/mol. The molecule has 2 aromatic rings. The molecule has 0 radical (unpaired) electrons. The molecule has 174 valence electrons. The quantitative estimate of drug-likeness (QED) is 0.538. The largest absolute Gasteiger partial charge is 0.497 e. The summed E-state index contributed by atoms with van der Waals surface area (Å²) >= 11 is 0. The Hall–Kier alpha value is -2.58. The Morgan fingerprint density at radius 1 is 1.03 bits per heavy atom. The number of carbonyl (C=O) groups is 1. The summed E-state index contributed by atoms with van der Waals surface area (Å²) in [7, 11) is -0.469. The molecule has 1 aliphatic carbocycles. The third-order valence-corrected chi connectivity index (χ3v) is 7.91. The first kappa shape index (κ1) is 24.1. The molecule has 1 fully saturated rings. The molecule has 7 nitrogen and oxygen atoms in total. The van der Waals surface area contributed by atoms with E-state index in [9.17, 15) is 13.2 Å². The molecule has 0 heterocycles. The summed E-state index contributed by atoms with van der Waals surface area (Å²) in [6.07, 6.45) is 1.86. The zero-order valence-corrected chi connectivity index (χ0v) is 20.2. The minimum Gasteiger partial charge on any atom is -0.497 e. The van der Waals surface area contributed by atoms with E-state index in [4.69, 9.17) is 9.47 Å². The first-order valence-electron chi connectivity index (χ1n) is 10.9. The molecule has 0 atom stereocenters. The Labute approximate surface area is 191 Å². The van der Waals surface area contributed by atoms with Crippen LogP contribution < -0.4 is 9.47 Å². The van der Waals surface area contributed by atoms with E-state index in [0.717, 1.165) is 24.0 Å². The first-order valence-corrected chi connectivity index (χ1v) is 12.3. The van der Waals surface area contributed by atoms with Gasteiger partial charge in [0.2, 0.25) is 10.0 Å². The minimum atomic E-state index is -3.65. The van der Waals surface area contributed by atoms with Crippen molar-refractivity contribution in [1.82, 2.24) is 9.21 Å². The van der Waals surface area contributed by atoms with E-state index in [1.165, 1.54) is 10.4 Å². The van der Waals surface area contributed by atoms with Crippen LogP contribution in [0.5, 0.6) is 11.5 Å². The molecule has 0 N–H and O–H groups in total. The normalized spacial score (nSPS) is 13.8. The summed E-state index contributed by atoms with van der Waals surface area (Å²) < 4.78 is 38.2. The number of hydrogen-bond acceptors (Lipinski definition) is 5. The molecule has 8 heteroatoms. The lowest BCUT2D eigenvalue weighted by Crippen LogP contribution is -2.34. The molecule has 0 spiro atoms. The second-order valence-electron chi connectivity index (χ2n) is 7.91. The molecule has 0 aromatic heterocycles. The fraction of sp³-hybridized carbons (Fsp3) is 0.458. The zero-order valence-electron chi connectivity index (χ0n) is 19.4. The predicted molar refractivity (Wildman–Crippen MR) is 124 cm³/mol. The summed E-state index contributed by atoms with van der Waals surface area (Å²) in [6, 6.07) is 10.5. The third kappa shape index (κ3) is 4.91. The van der Waals surface area contributed by atoms with E-state index in [-0.39, 0.29) is 16.8 Å². The van der Waals surface area contributed by atoms with Crippen molar-refractivity contribution < 1.29 is 22.7 Å². The number of carbonyl (C=O) groups excluding carboxylic acids is 1. The van der Waals surface area contributed by atoms with Crippen molar-refractivity contribution in [2.24, 2.45) is 0 Å². The van der Waals surface area contributed by atoms with E-state index < -0.39 is 10.0 Å². The lowest BCUT2D eigenvalue weighted by Gasteiger charge is -2.25. The van der Waals surface area contributed by atoms with Gasteiger partial charge in [-0.15, -0.1) is 0 Å². The zero-order chi connectivity index (χ0) is 23.5. The number of nitrogens with zero attached hydrogens (tertiary/aromatic N) is 2. The van der Waals surface area contributed by atoms with E-state index in [2.05, 4.69) is 0 Å². The number of amides is 1. The van der Waals surface area contributed by atoms with Gasteiger partial charge in [0.05, 0.1) is 19.1 Å². The van der Waals surface area contributed by atoms with Crippen molar-refractivity contribution in [2.45, 2.75) is 51.1 Å². The maximum atomic E-state index is 13.6. The Morgan fingerprint density at radius 2 is 1.72 bits per heavy atom.